The Bertz CT molecular complexity index is 671. The van der Waals surface area contributed by atoms with E-state index in [2.05, 4.69) is 15.5 Å². The minimum Gasteiger partial charge on any atom is -0.388 e. The molecule has 188 valence electrons. The van der Waals surface area contributed by atoms with Gasteiger partial charge in [0.05, 0.1) is 18.7 Å². The molecule has 33 heavy (non-hydrogen) atoms. The largest absolute Gasteiger partial charge is 0.388 e. The number of piperazine rings is 1. The molecule has 0 radical (unpaired) electrons. The summed E-state index contributed by atoms with van der Waals surface area (Å²) in [6.07, 6.45) is 1.14. The Labute approximate surface area is 195 Å². The number of alkyl halides is 1. The molecule has 2 amide bonds. The first kappa shape index (κ1) is 24.8. The van der Waals surface area contributed by atoms with Crippen molar-refractivity contribution in [2.45, 2.75) is 88.1 Å². The number of hydrogen-bond donors (Lipinski definition) is 4. The second-order valence-electron chi connectivity index (χ2n) is 9.99. The Kier molecular flexibility index (Phi) is 8.56. The maximum atomic E-state index is 13.6. The molecule has 7 unspecified atom stereocenters. The van der Waals surface area contributed by atoms with Crippen molar-refractivity contribution in [2.75, 3.05) is 39.3 Å². The van der Waals surface area contributed by atoms with Gasteiger partial charge >= 0.3 is 0 Å². The van der Waals surface area contributed by atoms with Gasteiger partial charge in [0, 0.05) is 38.6 Å². The summed E-state index contributed by atoms with van der Waals surface area (Å²) < 4.78 is 19.3. The summed E-state index contributed by atoms with van der Waals surface area (Å²) in [6, 6.07) is 0. The van der Waals surface area contributed by atoms with E-state index in [0.717, 1.165) is 26.1 Å². The summed E-state index contributed by atoms with van der Waals surface area (Å²) in [5.41, 5.74) is 0. The van der Waals surface area contributed by atoms with Crippen molar-refractivity contribution in [1.29, 1.82) is 0 Å². The van der Waals surface area contributed by atoms with Crippen LogP contribution in [0.3, 0.4) is 0 Å². The molecule has 10 heteroatoms. The summed E-state index contributed by atoms with van der Waals surface area (Å²) >= 11 is 0. The van der Waals surface area contributed by atoms with Gasteiger partial charge in [-0.3, -0.25) is 14.5 Å². The molecular formula is C23H39FN4O5. The number of carbonyl (C=O) groups is 2. The van der Waals surface area contributed by atoms with Gasteiger partial charge < -0.3 is 30.5 Å². The van der Waals surface area contributed by atoms with Gasteiger partial charge in [0.2, 0.25) is 11.8 Å². The molecule has 4 rings (SSSR count). The van der Waals surface area contributed by atoms with E-state index in [0.29, 0.717) is 38.5 Å². The third-order valence-electron chi connectivity index (χ3n) is 7.69. The first-order valence-corrected chi connectivity index (χ1v) is 12.6. The van der Waals surface area contributed by atoms with E-state index in [9.17, 15) is 24.2 Å². The molecule has 4 N–H and O–H groups in total. The Morgan fingerprint density at radius 1 is 1.00 bits per heavy atom. The predicted molar refractivity (Wildman–Crippen MR) is 119 cm³/mol. The smallest absolute Gasteiger partial charge is 0.225 e. The molecule has 4 aliphatic rings. The molecule has 0 aromatic heterocycles. The van der Waals surface area contributed by atoms with E-state index >= 15 is 0 Å². The van der Waals surface area contributed by atoms with Crippen molar-refractivity contribution in [3.63, 3.8) is 0 Å². The van der Waals surface area contributed by atoms with E-state index in [4.69, 9.17) is 4.74 Å². The molecule has 0 bridgehead atoms. The zero-order chi connectivity index (χ0) is 23.4. The second kappa shape index (κ2) is 11.4. The Morgan fingerprint density at radius 2 is 1.76 bits per heavy atom. The molecule has 0 aromatic carbocycles. The second-order valence-corrected chi connectivity index (χ2v) is 9.99. The van der Waals surface area contributed by atoms with Crippen LogP contribution in [-0.4, -0.2) is 108 Å². The molecule has 4 fully saturated rings. The molecular weight excluding hydrogens is 431 g/mol. The quantitative estimate of drug-likeness (QED) is 0.423. The fraction of sp³-hybridized carbons (Fsp3) is 0.913. The monoisotopic (exact) mass is 470 g/mol. The van der Waals surface area contributed by atoms with Crippen LogP contribution in [0.2, 0.25) is 0 Å². The summed E-state index contributed by atoms with van der Waals surface area (Å²) in [4.78, 5) is 29.4. The van der Waals surface area contributed by atoms with E-state index in [1.807, 2.05) is 0 Å². The lowest BCUT2D eigenvalue weighted by molar-refractivity contribution is -0.138. The van der Waals surface area contributed by atoms with E-state index in [1.54, 1.807) is 4.90 Å². The number of hydrogen-bond acceptors (Lipinski definition) is 7. The SMILES string of the molecule is O=C(NCC1OC(CC(=O)N2CCN(C3CCCCN3)CC2)C(O)C1O)C1CCCC(F)C1. The fourth-order valence-corrected chi connectivity index (χ4v) is 5.61. The molecule has 0 spiro atoms. The van der Waals surface area contributed by atoms with Crippen molar-refractivity contribution >= 4 is 11.8 Å². The van der Waals surface area contributed by atoms with Crippen molar-refractivity contribution in [3.05, 3.63) is 0 Å². The van der Waals surface area contributed by atoms with Crippen LogP contribution >= 0.6 is 0 Å². The standard InChI is InChI=1S/C23H39FN4O5/c24-16-5-3-4-15(12-16)23(32)26-14-18-22(31)21(30)17(33-18)13-20(29)28-10-8-27(9-11-28)19-6-1-2-7-25-19/h15-19,21-22,25,30-31H,1-14H2,(H,26,32). The van der Waals surface area contributed by atoms with Crippen LogP contribution < -0.4 is 10.6 Å². The summed E-state index contributed by atoms with van der Waals surface area (Å²) in [5.74, 6) is -0.701. The van der Waals surface area contributed by atoms with Gasteiger partial charge in [0.25, 0.3) is 0 Å². The molecule has 1 saturated carbocycles. The topological polar surface area (TPSA) is 114 Å². The number of aliphatic hydroxyl groups excluding tert-OH is 2. The highest BCUT2D eigenvalue weighted by Crippen LogP contribution is 2.27. The van der Waals surface area contributed by atoms with Crippen LogP contribution in [0.1, 0.15) is 51.4 Å². The third kappa shape index (κ3) is 6.22. The maximum absolute atomic E-state index is 13.6. The van der Waals surface area contributed by atoms with Gasteiger partial charge in [-0.05, 0) is 51.5 Å². The number of nitrogens with zero attached hydrogens (tertiary/aromatic N) is 2. The number of piperidine rings is 1. The van der Waals surface area contributed by atoms with Gasteiger partial charge in [0.15, 0.2) is 0 Å². The van der Waals surface area contributed by atoms with E-state index in [-0.39, 0.29) is 37.1 Å². The lowest BCUT2D eigenvalue weighted by Gasteiger charge is -2.41. The lowest BCUT2D eigenvalue weighted by Crippen LogP contribution is -2.57. The number of amides is 2. The molecule has 7 atom stereocenters. The number of aliphatic hydroxyl groups is 2. The number of rotatable bonds is 6. The zero-order valence-electron chi connectivity index (χ0n) is 19.3. The van der Waals surface area contributed by atoms with Gasteiger partial charge in [-0.15, -0.1) is 0 Å². The van der Waals surface area contributed by atoms with Crippen molar-refractivity contribution in [2.24, 2.45) is 5.92 Å². The van der Waals surface area contributed by atoms with Gasteiger partial charge in [-0.25, -0.2) is 4.39 Å². The average Bonchev–Trinajstić information content (AvgIpc) is 3.11. The number of ether oxygens (including phenoxy) is 1. The Morgan fingerprint density at radius 3 is 2.45 bits per heavy atom. The Balaban J connectivity index is 1.20. The third-order valence-corrected chi connectivity index (χ3v) is 7.69. The molecule has 0 aromatic rings. The zero-order valence-corrected chi connectivity index (χ0v) is 19.3. The Hall–Kier alpha value is -1.33. The predicted octanol–water partition coefficient (Wildman–Crippen LogP) is -0.246. The van der Waals surface area contributed by atoms with E-state index < -0.39 is 30.6 Å². The minimum atomic E-state index is -1.19. The van der Waals surface area contributed by atoms with Crippen LogP contribution in [0.15, 0.2) is 0 Å². The van der Waals surface area contributed by atoms with Crippen LogP contribution in [0, 0.1) is 5.92 Å². The molecule has 3 heterocycles. The van der Waals surface area contributed by atoms with Gasteiger partial charge in [0.1, 0.15) is 24.5 Å². The first-order chi connectivity index (χ1) is 15.9. The van der Waals surface area contributed by atoms with Crippen LogP contribution in [0.4, 0.5) is 4.39 Å². The van der Waals surface area contributed by atoms with Gasteiger partial charge in [-0.1, -0.05) is 0 Å². The van der Waals surface area contributed by atoms with E-state index in [1.165, 1.54) is 12.8 Å². The summed E-state index contributed by atoms with van der Waals surface area (Å²) in [5, 5.41) is 27.1. The highest BCUT2D eigenvalue weighted by molar-refractivity contribution is 5.79. The lowest BCUT2D eigenvalue weighted by atomic mass is 9.87. The van der Waals surface area contributed by atoms with Crippen LogP contribution in [-0.2, 0) is 14.3 Å². The van der Waals surface area contributed by atoms with Crippen molar-refractivity contribution < 1.29 is 28.9 Å². The maximum Gasteiger partial charge on any atom is 0.225 e. The number of nitrogens with one attached hydrogen (secondary N) is 2. The van der Waals surface area contributed by atoms with Crippen LogP contribution in [0.25, 0.3) is 0 Å². The van der Waals surface area contributed by atoms with Crippen LogP contribution in [0.5, 0.6) is 0 Å². The average molecular weight is 471 g/mol. The molecule has 1 aliphatic carbocycles. The normalized spacial score (nSPS) is 38.3. The highest BCUT2D eigenvalue weighted by Gasteiger charge is 2.44. The van der Waals surface area contributed by atoms with Crippen molar-refractivity contribution in [3.8, 4) is 0 Å². The fourth-order valence-electron chi connectivity index (χ4n) is 5.61. The number of carbonyl (C=O) groups excluding carboxylic acids is 2. The highest BCUT2D eigenvalue weighted by atomic mass is 19.1. The molecule has 9 nitrogen and oxygen atoms in total. The first-order valence-electron chi connectivity index (χ1n) is 12.6. The number of halogens is 1. The molecule has 3 saturated heterocycles. The molecule has 3 aliphatic heterocycles. The summed E-state index contributed by atoms with van der Waals surface area (Å²) in [7, 11) is 0. The van der Waals surface area contributed by atoms with Crippen molar-refractivity contribution in [1.82, 2.24) is 20.4 Å². The minimum absolute atomic E-state index is 0.00346. The van der Waals surface area contributed by atoms with Gasteiger partial charge in [-0.2, -0.15) is 0 Å². The summed E-state index contributed by atoms with van der Waals surface area (Å²) in [6.45, 7) is 3.98.